The van der Waals surface area contributed by atoms with Crippen LogP contribution in [0.5, 0.6) is 5.75 Å². The van der Waals surface area contributed by atoms with Gasteiger partial charge in [0.2, 0.25) is 5.91 Å². The van der Waals surface area contributed by atoms with Gasteiger partial charge in [-0.2, -0.15) is 18.2 Å². The molecule has 1 saturated heterocycles. The highest BCUT2D eigenvalue weighted by atomic mass is 19.4. The summed E-state index contributed by atoms with van der Waals surface area (Å²) in [6.07, 6.45) is -4.54. The van der Waals surface area contributed by atoms with Gasteiger partial charge in [0.25, 0.3) is 0 Å². The molecule has 2 aromatic rings. The van der Waals surface area contributed by atoms with Gasteiger partial charge in [0.05, 0.1) is 6.61 Å². The summed E-state index contributed by atoms with van der Waals surface area (Å²) in [5.74, 6) is 0.193. The van der Waals surface area contributed by atoms with Crippen LogP contribution in [-0.2, 0) is 4.79 Å². The average molecular weight is 366 g/mol. The molecule has 0 bridgehead atoms. The van der Waals surface area contributed by atoms with E-state index in [4.69, 9.17) is 4.74 Å². The topological polar surface area (TPSA) is 41.6 Å². The van der Waals surface area contributed by atoms with Crippen molar-refractivity contribution in [2.24, 2.45) is 0 Å². The van der Waals surface area contributed by atoms with Crippen LogP contribution in [0.2, 0.25) is 0 Å². The molecule has 2 aromatic carbocycles. The second kappa shape index (κ2) is 6.46. The van der Waals surface area contributed by atoms with E-state index in [0.29, 0.717) is 23.1 Å². The van der Waals surface area contributed by atoms with Crippen molar-refractivity contribution in [2.75, 3.05) is 6.61 Å². The summed E-state index contributed by atoms with van der Waals surface area (Å²) in [4.78, 5) is 11.8. The number of rotatable bonds is 4. The van der Waals surface area contributed by atoms with E-state index in [0.717, 1.165) is 5.01 Å². The molecule has 140 valence electrons. The van der Waals surface area contributed by atoms with Crippen LogP contribution in [0.15, 0.2) is 36.4 Å². The molecule has 1 aliphatic rings. The first kappa shape index (κ1) is 18.5. The molecule has 1 amide bonds. The number of ether oxygens (including phenoxy) is 1. The summed E-state index contributed by atoms with van der Waals surface area (Å²) >= 11 is 0. The van der Waals surface area contributed by atoms with Gasteiger partial charge in [-0.3, -0.25) is 10.2 Å². The molecular formula is C19H21F3N2O2. The van der Waals surface area contributed by atoms with Crippen molar-refractivity contribution < 1.29 is 22.7 Å². The fourth-order valence-electron chi connectivity index (χ4n) is 3.46. The Morgan fingerprint density at radius 3 is 2.58 bits per heavy atom. The van der Waals surface area contributed by atoms with Gasteiger partial charge < -0.3 is 4.74 Å². The van der Waals surface area contributed by atoms with Crippen molar-refractivity contribution in [3.8, 4) is 5.75 Å². The number of hydrogen-bond acceptors (Lipinski definition) is 3. The number of nitrogens with one attached hydrogen (secondary N) is 1. The lowest BCUT2D eigenvalue weighted by Crippen LogP contribution is -2.51. The largest absolute Gasteiger partial charge is 0.494 e. The van der Waals surface area contributed by atoms with Crippen molar-refractivity contribution >= 4 is 16.7 Å². The first-order chi connectivity index (χ1) is 12.1. The zero-order chi connectivity index (χ0) is 19.1. The van der Waals surface area contributed by atoms with Gasteiger partial charge in [-0.15, -0.1) is 0 Å². The van der Waals surface area contributed by atoms with Crippen LogP contribution in [-0.4, -0.2) is 29.2 Å². The van der Waals surface area contributed by atoms with Gasteiger partial charge >= 0.3 is 6.18 Å². The van der Waals surface area contributed by atoms with Crippen molar-refractivity contribution in [3.05, 3.63) is 42.0 Å². The predicted octanol–water partition coefficient (Wildman–Crippen LogP) is 4.36. The summed E-state index contributed by atoms with van der Waals surface area (Å²) in [6.45, 7) is 5.58. The minimum Gasteiger partial charge on any atom is -0.494 e. The third-order valence-electron chi connectivity index (χ3n) is 4.55. The lowest BCUT2D eigenvalue weighted by atomic mass is 9.93. The maximum Gasteiger partial charge on any atom is 0.409 e. The molecule has 0 aromatic heterocycles. The molecule has 0 radical (unpaired) electrons. The SMILES string of the molecule is CCOc1ccc2c(C(N3NC(=O)CC3(C)C)C(F)(F)F)cccc2c1. The number of hydrogen-bond donors (Lipinski definition) is 1. The van der Waals surface area contributed by atoms with Crippen LogP contribution in [0.3, 0.4) is 0 Å². The van der Waals surface area contributed by atoms with Crippen LogP contribution in [0, 0.1) is 0 Å². The van der Waals surface area contributed by atoms with Crippen LogP contribution >= 0.6 is 0 Å². The summed E-state index contributed by atoms with van der Waals surface area (Å²) in [7, 11) is 0. The van der Waals surface area contributed by atoms with Gasteiger partial charge in [-0.1, -0.05) is 24.3 Å². The molecule has 7 heteroatoms. The van der Waals surface area contributed by atoms with E-state index in [9.17, 15) is 18.0 Å². The van der Waals surface area contributed by atoms with Gasteiger partial charge in [0, 0.05) is 12.0 Å². The van der Waals surface area contributed by atoms with Crippen LogP contribution in [0.1, 0.15) is 38.8 Å². The molecular weight excluding hydrogens is 345 g/mol. The number of alkyl halides is 3. The summed E-state index contributed by atoms with van der Waals surface area (Å²) in [5.41, 5.74) is 1.55. The number of hydrazine groups is 1. The predicted molar refractivity (Wildman–Crippen MR) is 92.6 cm³/mol. The van der Waals surface area contributed by atoms with Crippen molar-refractivity contribution in [3.63, 3.8) is 0 Å². The maximum absolute atomic E-state index is 14.0. The lowest BCUT2D eigenvalue weighted by molar-refractivity contribution is -0.203. The quantitative estimate of drug-likeness (QED) is 0.874. The number of benzene rings is 2. The summed E-state index contributed by atoms with van der Waals surface area (Å²) in [6, 6.07) is 7.89. The molecule has 1 N–H and O–H groups in total. The van der Waals surface area contributed by atoms with Crippen LogP contribution < -0.4 is 10.2 Å². The number of carbonyl (C=O) groups is 1. The highest BCUT2D eigenvalue weighted by Gasteiger charge is 2.53. The molecule has 0 aliphatic carbocycles. The molecule has 3 rings (SSSR count). The van der Waals surface area contributed by atoms with Crippen LogP contribution in [0.4, 0.5) is 13.2 Å². The van der Waals surface area contributed by atoms with E-state index in [1.807, 2.05) is 6.92 Å². The van der Waals surface area contributed by atoms with E-state index in [1.165, 1.54) is 6.07 Å². The molecule has 1 aliphatic heterocycles. The fraction of sp³-hybridized carbons (Fsp3) is 0.421. The Kier molecular flexibility index (Phi) is 4.60. The van der Waals surface area contributed by atoms with Crippen molar-refractivity contribution in [1.82, 2.24) is 10.4 Å². The number of amides is 1. The summed E-state index contributed by atoms with van der Waals surface area (Å²) in [5, 5.41) is 2.17. The molecule has 26 heavy (non-hydrogen) atoms. The third-order valence-corrected chi connectivity index (χ3v) is 4.55. The molecule has 0 spiro atoms. The van der Waals surface area contributed by atoms with E-state index in [1.54, 1.807) is 44.2 Å². The molecule has 1 heterocycles. The van der Waals surface area contributed by atoms with Gasteiger partial charge in [0.15, 0.2) is 6.04 Å². The Labute approximate surface area is 149 Å². The Balaban J connectivity index is 2.15. The van der Waals surface area contributed by atoms with E-state index >= 15 is 0 Å². The zero-order valence-corrected chi connectivity index (χ0v) is 14.9. The Morgan fingerprint density at radius 2 is 2.00 bits per heavy atom. The van der Waals surface area contributed by atoms with Crippen molar-refractivity contribution in [2.45, 2.75) is 44.9 Å². The number of fused-ring (bicyclic) bond motifs is 1. The third kappa shape index (κ3) is 3.35. The van der Waals surface area contributed by atoms with E-state index < -0.39 is 23.7 Å². The van der Waals surface area contributed by atoms with Gasteiger partial charge in [-0.25, -0.2) is 0 Å². The standard InChI is InChI=1S/C19H21F3N2O2/c1-4-26-13-8-9-14-12(10-13)6-5-7-15(14)17(19(20,21)22)24-18(2,3)11-16(25)23-24/h5-10,17H,4,11H2,1-3H3,(H,23,25). The minimum atomic E-state index is -4.55. The maximum atomic E-state index is 14.0. The van der Waals surface area contributed by atoms with Gasteiger partial charge in [0.1, 0.15) is 5.75 Å². The number of nitrogens with zero attached hydrogens (tertiary/aromatic N) is 1. The van der Waals surface area contributed by atoms with Crippen molar-refractivity contribution in [1.29, 1.82) is 0 Å². The summed E-state index contributed by atoms with van der Waals surface area (Å²) < 4.78 is 47.6. The first-order valence-corrected chi connectivity index (χ1v) is 8.44. The Morgan fingerprint density at radius 1 is 1.27 bits per heavy atom. The van der Waals surface area contributed by atoms with Crippen LogP contribution in [0.25, 0.3) is 10.8 Å². The Bertz CT molecular complexity index is 833. The fourth-order valence-corrected chi connectivity index (χ4v) is 3.46. The van der Waals surface area contributed by atoms with Gasteiger partial charge in [-0.05, 0) is 49.2 Å². The number of carbonyl (C=O) groups excluding carboxylic acids is 1. The van der Waals surface area contributed by atoms with E-state index in [2.05, 4.69) is 5.43 Å². The molecule has 4 nitrogen and oxygen atoms in total. The normalized spacial score (nSPS) is 18.8. The number of halogens is 3. The second-order valence-corrected chi connectivity index (χ2v) is 7.00. The minimum absolute atomic E-state index is 0.0127. The highest BCUT2D eigenvalue weighted by Crippen LogP contribution is 2.44. The molecule has 1 atom stereocenters. The Hall–Kier alpha value is -2.28. The highest BCUT2D eigenvalue weighted by molar-refractivity contribution is 5.87. The molecule has 0 saturated carbocycles. The second-order valence-electron chi connectivity index (χ2n) is 7.00. The molecule has 1 fully saturated rings. The smallest absolute Gasteiger partial charge is 0.409 e. The molecule has 1 unspecified atom stereocenters. The van der Waals surface area contributed by atoms with E-state index in [-0.39, 0.29) is 12.0 Å². The zero-order valence-electron chi connectivity index (χ0n) is 14.9. The average Bonchev–Trinajstić information content (AvgIpc) is 2.79. The lowest BCUT2D eigenvalue weighted by Gasteiger charge is -2.38. The monoisotopic (exact) mass is 366 g/mol. The first-order valence-electron chi connectivity index (χ1n) is 8.44.